The Hall–Kier alpha value is -3.39. The summed E-state index contributed by atoms with van der Waals surface area (Å²) in [7, 11) is 0. The summed E-state index contributed by atoms with van der Waals surface area (Å²) >= 11 is 6.23. The fourth-order valence-electron chi connectivity index (χ4n) is 2.89. The molecule has 9 heteroatoms. The molecule has 6 bridgehead atoms. The van der Waals surface area contributed by atoms with E-state index in [-0.39, 0.29) is 0 Å². The summed E-state index contributed by atoms with van der Waals surface area (Å²) in [6.45, 7) is 0. The van der Waals surface area contributed by atoms with Crippen LogP contribution in [0.5, 0.6) is 0 Å². The lowest BCUT2D eigenvalue weighted by molar-refractivity contribution is 0.259. The number of benzene rings is 1. The van der Waals surface area contributed by atoms with Gasteiger partial charge in [-0.25, -0.2) is 9.78 Å². The molecule has 27 heavy (non-hydrogen) atoms. The van der Waals surface area contributed by atoms with E-state index in [9.17, 15) is 4.79 Å². The number of nitrogens with zero attached hydrogens (tertiary/aromatic N) is 3. The Bertz CT molecular complexity index is 1020. The average molecular weight is 382 g/mol. The van der Waals surface area contributed by atoms with Crippen LogP contribution >= 0.6 is 11.6 Å². The lowest BCUT2D eigenvalue weighted by Gasteiger charge is -2.13. The SMILES string of the molecule is NC(=O)Nc1ccc2cc1CCc1cncc(c1)Nc1ncc(Cl)c(n1)N2. The number of hydrogen-bond acceptors (Lipinski definition) is 6. The highest BCUT2D eigenvalue weighted by Crippen LogP contribution is 2.29. The summed E-state index contributed by atoms with van der Waals surface area (Å²) in [6, 6.07) is 6.94. The number of fused-ring (bicyclic) bond motifs is 6. The number of aromatic nitrogens is 3. The molecule has 0 fully saturated rings. The number of hydrogen-bond donors (Lipinski definition) is 4. The van der Waals surface area contributed by atoms with Gasteiger partial charge in [0.1, 0.15) is 5.02 Å². The van der Waals surface area contributed by atoms with Gasteiger partial charge in [0.05, 0.1) is 18.1 Å². The van der Waals surface area contributed by atoms with Crippen molar-refractivity contribution in [2.45, 2.75) is 12.8 Å². The highest BCUT2D eigenvalue weighted by atomic mass is 35.5. The minimum Gasteiger partial charge on any atom is -0.351 e. The van der Waals surface area contributed by atoms with Crippen molar-refractivity contribution in [3.8, 4) is 0 Å². The van der Waals surface area contributed by atoms with E-state index in [0.717, 1.165) is 28.9 Å². The number of carbonyl (C=O) groups excluding carboxylic acids is 1. The van der Waals surface area contributed by atoms with Crippen molar-refractivity contribution in [2.75, 3.05) is 16.0 Å². The molecule has 0 spiro atoms. The molecule has 0 unspecified atom stereocenters. The number of primary amides is 1. The highest BCUT2D eigenvalue weighted by Gasteiger charge is 2.12. The zero-order valence-electron chi connectivity index (χ0n) is 14.2. The quantitative estimate of drug-likeness (QED) is 0.511. The molecule has 1 aliphatic rings. The monoisotopic (exact) mass is 381 g/mol. The molecule has 1 aliphatic heterocycles. The molecule has 1 aromatic carbocycles. The smallest absolute Gasteiger partial charge is 0.316 e. The van der Waals surface area contributed by atoms with Crippen molar-refractivity contribution in [2.24, 2.45) is 5.73 Å². The van der Waals surface area contributed by atoms with Crippen LogP contribution in [0.15, 0.2) is 42.9 Å². The van der Waals surface area contributed by atoms with Gasteiger partial charge in [0.2, 0.25) is 5.95 Å². The fourth-order valence-corrected chi connectivity index (χ4v) is 3.02. The summed E-state index contributed by atoms with van der Waals surface area (Å²) in [4.78, 5) is 24.2. The van der Waals surface area contributed by atoms with Gasteiger partial charge in [-0.3, -0.25) is 4.98 Å². The second kappa shape index (κ2) is 7.08. The Kier molecular flexibility index (Phi) is 4.47. The molecule has 2 aromatic heterocycles. The molecule has 3 aromatic rings. The highest BCUT2D eigenvalue weighted by molar-refractivity contribution is 6.32. The van der Waals surface area contributed by atoms with Gasteiger partial charge in [0, 0.05) is 17.6 Å². The topological polar surface area (TPSA) is 118 Å². The van der Waals surface area contributed by atoms with Gasteiger partial charge < -0.3 is 21.7 Å². The zero-order chi connectivity index (χ0) is 18.8. The van der Waals surface area contributed by atoms with Crippen molar-refractivity contribution in [3.63, 3.8) is 0 Å². The number of urea groups is 1. The zero-order valence-corrected chi connectivity index (χ0v) is 14.9. The minimum absolute atomic E-state index is 0.392. The maximum absolute atomic E-state index is 11.3. The molecule has 0 saturated heterocycles. The van der Waals surface area contributed by atoms with Gasteiger partial charge in [-0.1, -0.05) is 11.6 Å². The van der Waals surface area contributed by atoms with Gasteiger partial charge in [-0.2, -0.15) is 4.98 Å². The predicted molar refractivity (Wildman–Crippen MR) is 105 cm³/mol. The summed E-state index contributed by atoms with van der Waals surface area (Å²) in [5, 5.41) is 9.39. The first-order valence-corrected chi connectivity index (χ1v) is 8.64. The van der Waals surface area contributed by atoms with Crippen molar-refractivity contribution in [1.82, 2.24) is 15.0 Å². The van der Waals surface area contributed by atoms with Crippen LogP contribution in [0, 0.1) is 0 Å². The largest absolute Gasteiger partial charge is 0.351 e. The van der Waals surface area contributed by atoms with Crippen molar-refractivity contribution >= 4 is 46.5 Å². The number of carbonyl (C=O) groups is 1. The van der Waals surface area contributed by atoms with E-state index < -0.39 is 6.03 Å². The number of nitrogens with two attached hydrogens (primary N) is 1. The Labute approximate surface area is 160 Å². The molecule has 0 radical (unpaired) electrons. The number of amides is 2. The van der Waals surface area contributed by atoms with Crippen LogP contribution in [0.4, 0.5) is 33.6 Å². The second-order valence-corrected chi connectivity index (χ2v) is 6.49. The van der Waals surface area contributed by atoms with E-state index in [1.807, 2.05) is 24.4 Å². The third-order valence-corrected chi connectivity index (χ3v) is 4.38. The van der Waals surface area contributed by atoms with Gasteiger partial charge in [-0.15, -0.1) is 0 Å². The molecular weight excluding hydrogens is 366 g/mol. The van der Waals surface area contributed by atoms with Crippen LogP contribution < -0.4 is 21.7 Å². The van der Waals surface area contributed by atoms with Crippen LogP contribution in [0.1, 0.15) is 11.1 Å². The normalized spacial score (nSPS) is 12.5. The van der Waals surface area contributed by atoms with Gasteiger partial charge in [0.15, 0.2) is 5.82 Å². The summed E-state index contributed by atoms with van der Waals surface area (Å²) < 4.78 is 0. The number of rotatable bonds is 1. The average Bonchev–Trinajstić information content (AvgIpc) is 2.64. The molecule has 136 valence electrons. The van der Waals surface area contributed by atoms with Crippen LogP contribution in [0.25, 0.3) is 0 Å². The Balaban J connectivity index is 1.81. The third kappa shape index (κ3) is 3.90. The standard InChI is InChI=1S/C18H16ClN7O/c19-14-9-22-18-24-13-5-10(7-21-8-13)1-2-11-6-12(23-16(14)26-18)3-4-15(11)25-17(20)27/h3-9H,1-2H2,(H3,20,25,27)(H2,22,23,24,26). The lowest BCUT2D eigenvalue weighted by atomic mass is 10.0. The molecule has 8 nitrogen and oxygen atoms in total. The van der Waals surface area contributed by atoms with Gasteiger partial charge in [0.25, 0.3) is 0 Å². The first kappa shape index (κ1) is 17.0. The van der Waals surface area contributed by atoms with Gasteiger partial charge in [-0.05, 0) is 48.2 Å². The molecule has 3 heterocycles. The van der Waals surface area contributed by atoms with E-state index in [4.69, 9.17) is 17.3 Å². The second-order valence-electron chi connectivity index (χ2n) is 6.08. The molecule has 0 atom stereocenters. The molecule has 4 rings (SSSR count). The molecule has 2 amide bonds. The van der Waals surface area contributed by atoms with E-state index in [2.05, 4.69) is 30.9 Å². The van der Waals surface area contributed by atoms with Crippen LogP contribution in [-0.2, 0) is 12.8 Å². The number of halogens is 1. The summed E-state index contributed by atoms with van der Waals surface area (Å²) in [5.74, 6) is 0.881. The van der Waals surface area contributed by atoms with Crippen LogP contribution in [0.2, 0.25) is 5.02 Å². The first-order chi connectivity index (χ1) is 13.1. The first-order valence-electron chi connectivity index (χ1n) is 8.27. The number of aryl methyl sites for hydroxylation is 2. The molecular formula is C18H16ClN7O. The van der Waals surface area contributed by atoms with Crippen molar-refractivity contribution < 1.29 is 4.79 Å². The molecule has 0 saturated carbocycles. The van der Waals surface area contributed by atoms with Crippen LogP contribution in [0.3, 0.4) is 0 Å². The predicted octanol–water partition coefficient (Wildman–Crippen LogP) is 3.60. The van der Waals surface area contributed by atoms with E-state index >= 15 is 0 Å². The Morgan fingerprint density at radius 3 is 2.85 bits per heavy atom. The lowest BCUT2D eigenvalue weighted by Crippen LogP contribution is -2.20. The Morgan fingerprint density at radius 2 is 2.00 bits per heavy atom. The minimum atomic E-state index is -0.605. The fraction of sp³-hybridized carbons (Fsp3) is 0.111. The number of anilines is 5. The van der Waals surface area contributed by atoms with E-state index in [1.165, 1.54) is 6.20 Å². The number of nitrogens with one attached hydrogen (secondary N) is 3. The number of pyridine rings is 1. The maximum Gasteiger partial charge on any atom is 0.316 e. The van der Waals surface area contributed by atoms with Crippen molar-refractivity contribution in [1.29, 1.82) is 0 Å². The van der Waals surface area contributed by atoms with Gasteiger partial charge >= 0.3 is 6.03 Å². The third-order valence-electron chi connectivity index (χ3n) is 4.10. The molecule has 0 aliphatic carbocycles. The Morgan fingerprint density at radius 1 is 1.11 bits per heavy atom. The maximum atomic E-state index is 11.3. The van der Waals surface area contributed by atoms with Crippen LogP contribution in [-0.4, -0.2) is 21.0 Å². The summed E-state index contributed by atoms with van der Waals surface area (Å²) in [5.41, 5.74) is 9.50. The summed E-state index contributed by atoms with van der Waals surface area (Å²) in [6.07, 6.45) is 6.46. The molecule has 5 N–H and O–H groups in total. The van der Waals surface area contributed by atoms with E-state index in [0.29, 0.717) is 28.9 Å². The van der Waals surface area contributed by atoms with Crippen molar-refractivity contribution in [3.05, 3.63) is 59.0 Å². The van der Waals surface area contributed by atoms with E-state index in [1.54, 1.807) is 12.3 Å².